The number of hydrogen-bond acceptors (Lipinski definition) is 5. The van der Waals surface area contributed by atoms with Crippen molar-refractivity contribution in [3.8, 4) is 0 Å². The number of anilines is 1. The van der Waals surface area contributed by atoms with Gasteiger partial charge in [-0.15, -0.1) is 0 Å². The molecule has 1 aromatic heterocycles. The van der Waals surface area contributed by atoms with Crippen LogP contribution in [0, 0.1) is 11.8 Å². The van der Waals surface area contributed by atoms with E-state index in [2.05, 4.69) is 20.2 Å². The highest BCUT2D eigenvalue weighted by molar-refractivity contribution is 5.79. The number of carboxylic acid groups (broad SMARTS) is 1. The molecule has 124 valence electrons. The molecule has 0 radical (unpaired) electrons. The van der Waals surface area contributed by atoms with Crippen molar-refractivity contribution >= 4 is 17.7 Å². The van der Waals surface area contributed by atoms with Gasteiger partial charge in [0.2, 0.25) is 5.91 Å². The van der Waals surface area contributed by atoms with E-state index in [0.717, 1.165) is 38.2 Å². The van der Waals surface area contributed by atoms with Crippen LogP contribution in [0.5, 0.6) is 0 Å². The maximum atomic E-state index is 12.4. The van der Waals surface area contributed by atoms with Crippen LogP contribution < -0.4 is 10.2 Å². The van der Waals surface area contributed by atoms with Crippen LogP contribution in [-0.4, -0.2) is 46.1 Å². The Balaban J connectivity index is 1.46. The molecule has 2 atom stereocenters. The van der Waals surface area contributed by atoms with E-state index in [4.69, 9.17) is 5.11 Å². The highest BCUT2D eigenvalue weighted by Gasteiger charge is 2.33. The summed E-state index contributed by atoms with van der Waals surface area (Å²) in [4.78, 5) is 33.9. The lowest BCUT2D eigenvalue weighted by Crippen LogP contribution is -2.43. The van der Waals surface area contributed by atoms with E-state index in [0.29, 0.717) is 12.8 Å². The molecule has 1 saturated carbocycles. The average molecular weight is 318 g/mol. The zero-order valence-corrected chi connectivity index (χ0v) is 13.0. The van der Waals surface area contributed by atoms with Crippen molar-refractivity contribution < 1.29 is 14.7 Å². The molecule has 0 aromatic carbocycles. The normalized spacial score (nSPS) is 25.3. The summed E-state index contributed by atoms with van der Waals surface area (Å²) in [6.07, 6.45) is 8.62. The maximum absolute atomic E-state index is 12.4. The number of aromatic nitrogens is 2. The zero-order valence-electron chi connectivity index (χ0n) is 13.0. The third-order valence-corrected chi connectivity index (χ3v) is 4.87. The van der Waals surface area contributed by atoms with Crippen molar-refractivity contribution in [2.24, 2.45) is 11.8 Å². The first kappa shape index (κ1) is 15.7. The first-order valence-electron chi connectivity index (χ1n) is 8.17. The van der Waals surface area contributed by atoms with E-state index in [1.54, 1.807) is 18.6 Å². The summed E-state index contributed by atoms with van der Waals surface area (Å²) in [6, 6.07) is 0.0154. The number of nitrogens with zero attached hydrogens (tertiary/aromatic N) is 3. The van der Waals surface area contributed by atoms with Crippen LogP contribution >= 0.6 is 0 Å². The molecular weight excluding hydrogens is 296 g/mol. The molecule has 3 rings (SSSR count). The molecule has 1 saturated heterocycles. The van der Waals surface area contributed by atoms with Crippen LogP contribution in [0.2, 0.25) is 0 Å². The van der Waals surface area contributed by atoms with Gasteiger partial charge < -0.3 is 15.3 Å². The predicted molar refractivity (Wildman–Crippen MR) is 83.9 cm³/mol. The van der Waals surface area contributed by atoms with Gasteiger partial charge in [0.15, 0.2) is 0 Å². The van der Waals surface area contributed by atoms with E-state index < -0.39 is 5.97 Å². The number of carboxylic acids is 1. The number of amides is 1. The second-order valence-corrected chi connectivity index (χ2v) is 6.38. The van der Waals surface area contributed by atoms with Gasteiger partial charge in [0.05, 0.1) is 12.1 Å². The lowest BCUT2D eigenvalue weighted by Gasteiger charge is -2.32. The topological polar surface area (TPSA) is 95.4 Å². The Labute approximate surface area is 135 Å². The van der Waals surface area contributed by atoms with Crippen LogP contribution in [0.15, 0.2) is 18.6 Å². The average Bonchev–Trinajstić information content (AvgIpc) is 3.04. The van der Waals surface area contributed by atoms with Gasteiger partial charge in [-0.25, -0.2) is 4.98 Å². The summed E-state index contributed by atoms with van der Waals surface area (Å²) in [5, 5.41) is 12.1. The summed E-state index contributed by atoms with van der Waals surface area (Å²) in [5.74, 6) is -0.129. The first-order valence-corrected chi connectivity index (χ1v) is 8.17. The lowest BCUT2D eigenvalue weighted by molar-refractivity contribution is -0.141. The molecular formula is C16H22N4O3. The van der Waals surface area contributed by atoms with Crippen LogP contribution in [0.25, 0.3) is 0 Å². The summed E-state index contributed by atoms with van der Waals surface area (Å²) in [5.41, 5.74) is 0. The third-order valence-electron chi connectivity index (χ3n) is 4.87. The number of hydrogen-bond donors (Lipinski definition) is 2. The summed E-state index contributed by atoms with van der Waals surface area (Å²) < 4.78 is 0. The van der Waals surface area contributed by atoms with Gasteiger partial charge in [-0.2, -0.15) is 0 Å². The van der Waals surface area contributed by atoms with Crippen molar-refractivity contribution in [1.29, 1.82) is 0 Å². The minimum Gasteiger partial charge on any atom is -0.481 e. The van der Waals surface area contributed by atoms with Gasteiger partial charge in [-0.05, 0) is 32.1 Å². The summed E-state index contributed by atoms with van der Waals surface area (Å²) >= 11 is 0. The van der Waals surface area contributed by atoms with Crippen LogP contribution in [-0.2, 0) is 9.59 Å². The molecule has 7 nitrogen and oxygen atoms in total. The minimum absolute atomic E-state index is 0.00630. The second kappa shape index (κ2) is 6.93. The van der Waals surface area contributed by atoms with Gasteiger partial charge in [0.25, 0.3) is 0 Å². The number of piperidine rings is 1. The smallest absolute Gasteiger partial charge is 0.306 e. The third kappa shape index (κ3) is 3.78. The molecule has 2 N–H and O–H groups in total. The van der Waals surface area contributed by atoms with Crippen molar-refractivity contribution in [1.82, 2.24) is 15.3 Å². The number of rotatable bonds is 4. The van der Waals surface area contributed by atoms with Crippen molar-refractivity contribution in [3.05, 3.63) is 18.6 Å². The number of aliphatic carboxylic acids is 1. The summed E-state index contributed by atoms with van der Waals surface area (Å²) in [6.45, 7) is 1.58. The van der Waals surface area contributed by atoms with E-state index in [-0.39, 0.29) is 23.8 Å². The highest BCUT2D eigenvalue weighted by Crippen LogP contribution is 2.27. The molecule has 7 heteroatoms. The molecule has 1 aliphatic heterocycles. The predicted octanol–water partition coefficient (Wildman–Crippen LogP) is 1.06. The molecule has 2 fully saturated rings. The Morgan fingerprint density at radius 2 is 1.91 bits per heavy atom. The zero-order chi connectivity index (χ0) is 16.2. The van der Waals surface area contributed by atoms with E-state index in [9.17, 15) is 9.59 Å². The molecule has 1 aliphatic carbocycles. The van der Waals surface area contributed by atoms with Gasteiger partial charge in [0.1, 0.15) is 5.82 Å². The van der Waals surface area contributed by atoms with E-state index >= 15 is 0 Å². The SMILES string of the molecule is O=C(N[C@H]1CC[C@@H](C(=O)O)C1)C1CCN(c2cnccn2)CC1. The van der Waals surface area contributed by atoms with Crippen molar-refractivity contribution in [3.63, 3.8) is 0 Å². The number of carbonyl (C=O) groups is 2. The lowest BCUT2D eigenvalue weighted by atomic mass is 9.95. The molecule has 2 heterocycles. The standard InChI is InChI=1S/C16H22N4O3/c21-15(19-13-2-1-12(9-13)16(22)23)11-3-7-20(8-4-11)14-10-17-5-6-18-14/h5-6,10-13H,1-4,7-9H2,(H,19,21)(H,22,23)/t12-,13+/m1/s1. The number of nitrogens with one attached hydrogen (secondary N) is 1. The Bertz CT molecular complexity index is 558. The van der Waals surface area contributed by atoms with Crippen LogP contribution in [0.1, 0.15) is 32.1 Å². The van der Waals surface area contributed by atoms with Gasteiger partial charge in [-0.3, -0.25) is 14.6 Å². The fourth-order valence-electron chi connectivity index (χ4n) is 3.48. The molecule has 23 heavy (non-hydrogen) atoms. The monoisotopic (exact) mass is 318 g/mol. The fourth-order valence-corrected chi connectivity index (χ4v) is 3.48. The fraction of sp³-hybridized carbons (Fsp3) is 0.625. The van der Waals surface area contributed by atoms with Crippen LogP contribution in [0.4, 0.5) is 5.82 Å². The Kier molecular flexibility index (Phi) is 4.73. The molecule has 1 aromatic rings. The van der Waals surface area contributed by atoms with Gasteiger partial charge in [0, 0.05) is 37.4 Å². The van der Waals surface area contributed by atoms with Gasteiger partial charge >= 0.3 is 5.97 Å². The molecule has 0 spiro atoms. The Morgan fingerprint density at radius 3 is 2.52 bits per heavy atom. The molecule has 2 aliphatic rings. The molecule has 0 bridgehead atoms. The Morgan fingerprint density at radius 1 is 1.13 bits per heavy atom. The second-order valence-electron chi connectivity index (χ2n) is 6.38. The highest BCUT2D eigenvalue weighted by atomic mass is 16.4. The van der Waals surface area contributed by atoms with Crippen molar-refractivity contribution in [2.75, 3.05) is 18.0 Å². The maximum Gasteiger partial charge on any atom is 0.306 e. The molecule has 0 unspecified atom stereocenters. The van der Waals surface area contributed by atoms with Crippen LogP contribution in [0.3, 0.4) is 0 Å². The van der Waals surface area contributed by atoms with E-state index in [1.807, 2.05) is 0 Å². The van der Waals surface area contributed by atoms with Crippen molar-refractivity contribution in [2.45, 2.75) is 38.1 Å². The molecule has 1 amide bonds. The number of carbonyl (C=O) groups excluding carboxylic acids is 1. The van der Waals surface area contributed by atoms with Gasteiger partial charge in [-0.1, -0.05) is 0 Å². The van der Waals surface area contributed by atoms with E-state index in [1.165, 1.54) is 0 Å². The largest absolute Gasteiger partial charge is 0.481 e. The Hall–Kier alpha value is -2.18. The summed E-state index contributed by atoms with van der Waals surface area (Å²) in [7, 11) is 0. The first-order chi connectivity index (χ1) is 11.1. The minimum atomic E-state index is -0.751. The quantitative estimate of drug-likeness (QED) is 0.862.